The third-order valence-corrected chi connectivity index (χ3v) is 3.99. The third kappa shape index (κ3) is 3.59. The number of carbonyl (C=O) groups excluding carboxylic acids is 1. The number of halogens is 1. The number of benzene rings is 1. The Bertz CT molecular complexity index is 612. The second-order valence-corrected chi connectivity index (χ2v) is 5.49. The topological polar surface area (TPSA) is 58.6 Å². The number of ether oxygens (including phenoxy) is 1. The quantitative estimate of drug-likeness (QED) is 0.893. The van der Waals surface area contributed by atoms with Crippen molar-refractivity contribution < 1.29 is 19.0 Å². The number of aliphatic hydroxyl groups is 1. The number of thiophene rings is 1. The van der Waals surface area contributed by atoms with Crippen LogP contribution < -0.4 is 10.1 Å². The molecular weight excluding hydrogens is 293 g/mol. The summed E-state index contributed by atoms with van der Waals surface area (Å²) in [6.07, 6.45) is -0.916. The molecule has 0 spiro atoms. The summed E-state index contributed by atoms with van der Waals surface area (Å²) in [5.41, 5.74) is 0.544. The van der Waals surface area contributed by atoms with Crippen molar-refractivity contribution in [2.45, 2.75) is 19.1 Å². The number of carbonyl (C=O) groups is 1. The lowest BCUT2D eigenvalue weighted by Gasteiger charge is -2.20. The molecule has 6 heteroatoms. The number of aliphatic hydroxyl groups excluding tert-OH is 1. The summed E-state index contributed by atoms with van der Waals surface area (Å²) < 4.78 is 18.0. The van der Waals surface area contributed by atoms with Crippen molar-refractivity contribution in [1.29, 1.82) is 0 Å². The van der Waals surface area contributed by atoms with Gasteiger partial charge in [-0.3, -0.25) is 4.79 Å². The van der Waals surface area contributed by atoms with Gasteiger partial charge in [-0.1, -0.05) is 12.1 Å². The Morgan fingerprint density at radius 2 is 2.00 bits per heavy atom. The number of nitrogens with one attached hydrogen (secondary N) is 1. The van der Waals surface area contributed by atoms with Gasteiger partial charge in [0.05, 0.1) is 19.3 Å². The Labute approximate surface area is 126 Å². The first-order valence-electron chi connectivity index (χ1n) is 6.38. The van der Waals surface area contributed by atoms with E-state index in [0.717, 1.165) is 0 Å². The molecule has 1 amide bonds. The zero-order valence-corrected chi connectivity index (χ0v) is 12.5. The molecule has 2 N–H and O–H groups in total. The lowest BCUT2D eigenvalue weighted by atomic mass is 10.0. The summed E-state index contributed by atoms with van der Waals surface area (Å²) in [6.45, 7) is 1.69. The Morgan fingerprint density at radius 1 is 1.33 bits per heavy atom. The summed E-state index contributed by atoms with van der Waals surface area (Å²) in [5, 5.41) is 14.7. The van der Waals surface area contributed by atoms with Gasteiger partial charge in [-0.2, -0.15) is 0 Å². The van der Waals surface area contributed by atoms with Crippen LogP contribution in [0.25, 0.3) is 0 Å². The summed E-state index contributed by atoms with van der Waals surface area (Å²) >= 11 is 1.27. The van der Waals surface area contributed by atoms with Gasteiger partial charge in [0, 0.05) is 0 Å². The van der Waals surface area contributed by atoms with Crippen LogP contribution in [0.5, 0.6) is 5.75 Å². The molecule has 0 fully saturated rings. The molecule has 0 radical (unpaired) electrons. The van der Waals surface area contributed by atoms with E-state index < -0.39 is 12.1 Å². The van der Waals surface area contributed by atoms with E-state index in [9.17, 15) is 14.3 Å². The highest BCUT2D eigenvalue weighted by molar-refractivity contribution is 7.12. The molecule has 112 valence electrons. The normalized spacial score (nSPS) is 13.5. The molecule has 0 aliphatic rings. The highest BCUT2D eigenvalue weighted by Crippen LogP contribution is 2.25. The van der Waals surface area contributed by atoms with Gasteiger partial charge >= 0.3 is 0 Å². The Balaban J connectivity index is 2.05. The molecule has 1 aromatic heterocycles. The second-order valence-electron chi connectivity index (χ2n) is 4.58. The van der Waals surface area contributed by atoms with Crippen LogP contribution in [0.15, 0.2) is 35.7 Å². The van der Waals surface area contributed by atoms with Crippen LogP contribution in [0.3, 0.4) is 0 Å². The minimum atomic E-state index is -0.916. The molecule has 2 atom stereocenters. The summed E-state index contributed by atoms with van der Waals surface area (Å²) in [7, 11) is 1.50. The second kappa shape index (κ2) is 6.69. The smallest absolute Gasteiger partial charge is 0.265 e. The van der Waals surface area contributed by atoms with Crippen molar-refractivity contribution in [2.24, 2.45) is 0 Å². The molecule has 0 saturated heterocycles. The molecule has 0 bridgehead atoms. The molecule has 21 heavy (non-hydrogen) atoms. The number of hydrogen-bond donors (Lipinski definition) is 2. The van der Waals surface area contributed by atoms with Crippen LogP contribution >= 0.6 is 11.3 Å². The molecule has 2 aromatic rings. The van der Waals surface area contributed by atoms with Crippen molar-refractivity contribution in [2.75, 3.05) is 7.11 Å². The van der Waals surface area contributed by atoms with Crippen LogP contribution in [-0.4, -0.2) is 24.2 Å². The van der Waals surface area contributed by atoms with Gasteiger partial charge in [-0.25, -0.2) is 4.39 Å². The monoisotopic (exact) mass is 309 g/mol. The van der Waals surface area contributed by atoms with Crippen LogP contribution in [0, 0.1) is 5.82 Å². The van der Waals surface area contributed by atoms with Crippen LogP contribution in [0.2, 0.25) is 0 Å². The van der Waals surface area contributed by atoms with E-state index in [1.54, 1.807) is 18.4 Å². The van der Waals surface area contributed by atoms with E-state index in [1.807, 2.05) is 0 Å². The standard InChI is InChI=1S/C15H16FNO3S/c1-9(13(18)10-3-5-11(16)6-4-10)17-15(19)14-12(20-2)7-8-21-14/h3-9,13,18H,1-2H3,(H,17,19). The SMILES string of the molecule is COc1ccsc1C(=O)NC(C)C(O)c1ccc(F)cc1. The van der Waals surface area contributed by atoms with Gasteiger partial charge in [0.25, 0.3) is 5.91 Å². The van der Waals surface area contributed by atoms with E-state index in [1.165, 1.54) is 42.7 Å². The molecule has 1 aromatic carbocycles. The van der Waals surface area contributed by atoms with Crippen molar-refractivity contribution in [1.82, 2.24) is 5.32 Å². The largest absolute Gasteiger partial charge is 0.495 e. The van der Waals surface area contributed by atoms with E-state index in [2.05, 4.69) is 5.32 Å². The number of methoxy groups -OCH3 is 1. The lowest BCUT2D eigenvalue weighted by Crippen LogP contribution is -2.36. The maximum Gasteiger partial charge on any atom is 0.265 e. The average molecular weight is 309 g/mol. The lowest BCUT2D eigenvalue weighted by molar-refractivity contribution is 0.0853. The fourth-order valence-electron chi connectivity index (χ4n) is 1.92. The molecule has 0 aliphatic heterocycles. The van der Waals surface area contributed by atoms with Crippen LogP contribution in [0.4, 0.5) is 4.39 Å². The predicted molar refractivity (Wildman–Crippen MR) is 79.2 cm³/mol. The zero-order chi connectivity index (χ0) is 15.4. The summed E-state index contributed by atoms with van der Waals surface area (Å²) in [6, 6.07) is 6.73. The fraction of sp³-hybridized carbons (Fsp3) is 0.267. The van der Waals surface area contributed by atoms with Gasteiger partial charge in [0.1, 0.15) is 16.4 Å². The zero-order valence-electron chi connectivity index (χ0n) is 11.7. The van der Waals surface area contributed by atoms with Gasteiger partial charge < -0.3 is 15.2 Å². The first-order valence-corrected chi connectivity index (χ1v) is 7.26. The van der Waals surface area contributed by atoms with Crippen molar-refractivity contribution in [3.8, 4) is 5.75 Å². The first kappa shape index (κ1) is 15.5. The van der Waals surface area contributed by atoms with Gasteiger partial charge in [-0.05, 0) is 36.1 Å². The maximum atomic E-state index is 12.9. The first-order chi connectivity index (χ1) is 10.0. The average Bonchev–Trinajstić information content (AvgIpc) is 2.95. The molecule has 0 aliphatic carbocycles. The van der Waals surface area contributed by atoms with Crippen molar-refractivity contribution in [3.63, 3.8) is 0 Å². The molecule has 0 saturated carbocycles. The molecule has 1 heterocycles. The van der Waals surface area contributed by atoms with Crippen molar-refractivity contribution in [3.05, 3.63) is 52.0 Å². The Kier molecular flexibility index (Phi) is 4.93. The maximum absolute atomic E-state index is 12.9. The van der Waals surface area contributed by atoms with E-state index in [4.69, 9.17) is 4.74 Å². The number of amides is 1. The minimum absolute atomic E-state index is 0.310. The number of rotatable bonds is 5. The highest BCUT2D eigenvalue weighted by atomic mass is 32.1. The van der Waals surface area contributed by atoms with E-state index >= 15 is 0 Å². The molecular formula is C15H16FNO3S. The molecule has 2 unspecified atom stereocenters. The van der Waals surface area contributed by atoms with Crippen LogP contribution in [0.1, 0.15) is 28.3 Å². The highest BCUT2D eigenvalue weighted by Gasteiger charge is 2.21. The Hall–Kier alpha value is -1.92. The summed E-state index contributed by atoms with van der Waals surface area (Å²) in [4.78, 5) is 12.6. The minimum Gasteiger partial charge on any atom is -0.495 e. The fourth-order valence-corrected chi connectivity index (χ4v) is 2.68. The van der Waals surface area contributed by atoms with Crippen LogP contribution in [-0.2, 0) is 0 Å². The molecule has 4 nitrogen and oxygen atoms in total. The van der Waals surface area contributed by atoms with Gasteiger partial charge in [-0.15, -0.1) is 11.3 Å². The van der Waals surface area contributed by atoms with Gasteiger partial charge in [0.2, 0.25) is 0 Å². The van der Waals surface area contributed by atoms with Gasteiger partial charge in [0.15, 0.2) is 0 Å². The summed E-state index contributed by atoms with van der Waals surface area (Å²) in [5.74, 6) is -0.178. The predicted octanol–water partition coefficient (Wildman–Crippen LogP) is 2.75. The van der Waals surface area contributed by atoms with E-state index in [-0.39, 0.29) is 11.7 Å². The Morgan fingerprint density at radius 3 is 2.62 bits per heavy atom. The van der Waals surface area contributed by atoms with E-state index in [0.29, 0.717) is 16.2 Å². The molecule has 2 rings (SSSR count). The van der Waals surface area contributed by atoms with Crippen molar-refractivity contribution >= 4 is 17.2 Å². The third-order valence-electron chi connectivity index (χ3n) is 3.10. The number of hydrogen-bond acceptors (Lipinski definition) is 4.